The molecular weight excluding hydrogens is 504 g/mol. The summed E-state index contributed by atoms with van der Waals surface area (Å²) in [5.74, 6) is -8.48. The highest BCUT2D eigenvalue weighted by molar-refractivity contribution is 5.96. The van der Waals surface area contributed by atoms with Crippen molar-refractivity contribution in [2.75, 3.05) is 13.2 Å². The van der Waals surface area contributed by atoms with Gasteiger partial charge in [0.05, 0.1) is 31.8 Å². The van der Waals surface area contributed by atoms with Crippen LogP contribution in [0.3, 0.4) is 0 Å². The molecule has 0 aromatic rings. The van der Waals surface area contributed by atoms with E-state index in [1.807, 2.05) is 16.0 Å². The van der Waals surface area contributed by atoms with Gasteiger partial charge in [-0.05, 0) is 13.3 Å². The number of rotatable bonds is 17. The van der Waals surface area contributed by atoms with E-state index in [1.54, 1.807) is 0 Å². The molecule has 0 unspecified atom stereocenters. The summed E-state index contributed by atoms with van der Waals surface area (Å²) in [5, 5.41) is 54.4. The molecule has 37 heavy (non-hydrogen) atoms. The molecule has 0 saturated heterocycles. The van der Waals surface area contributed by atoms with Crippen LogP contribution >= 0.6 is 0 Å². The zero-order valence-electron chi connectivity index (χ0n) is 19.7. The molecule has 13 N–H and O–H groups in total. The first kappa shape index (κ1) is 33.1. The Kier molecular flexibility index (Phi) is 14.3. The quantitative estimate of drug-likeness (QED) is 0.0824. The highest BCUT2D eigenvalue weighted by Gasteiger charge is 2.32. The van der Waals surface area contributed by atoms with Gasteiger partial charge in [0.25, 0.3) is 0 Å². The van der Waals surface area contributed by atoms with Crippen LogP contribution in [0.4, 0.5) is 0 Å². The largest absolute Gasteiger partial charge is 0.481 e. The van der Waals surface area contributed by atoms with Crippen molar-refractivity contribution < 1.29 is 59.1 Å². The zero-order valence-corrected chi connectivity index (χ0v) is 19.7. The fourth-order valence-electron chi connectivity index (χ4n) is 2.70. The van der Waals surface area contributed by atoms with Gasteiger partial charge in [0.15, 0.2) is 6.04 Å². The number of carboxylic acid groups (broad SMARTS) is 2. The van der Waals surface area contributed by atoms with Crippen molar-refractivity contribution in [3.63, 3.8) is 0 Å². The van der Waals surface area contributed by atoms with E-state index in [-0.39, 0.29) is 0 Å². The van der Waals surface area contributed by atoms with Gasteiger partial charge in [-0.2, -0.15) is 0 Å². The van der Waals surface area contributed by atoms with Crippen molar-refractivity contribution in [1.82, 2.24) is 21.3 Å². The molecule has 0 aliphatic carbocycles. The first-order valence-corrected chi connectivity index (χ1v) is 10.7. The number of primary amides is 1. The van der Waals surface area contributed by atoms with Crippen LogP contribution in [0.1, 0.15) is 26.2 Å². The third kappa shape index (κ3) is 12.1. The number of aliphatic hydroxyl groups is 3. The van der Waals surface area contributed by atoms with Gasteiger partial charge < -0.3 is 58.3 Å². The molecule has 0 saturated carbocycles. The first-order valence-electron chi connectivity index (χ1n) is 10.7. The fourth-order valence-corrected chi connectivity index (χ4v) is 2.70. The van der Waals surface area contributed by atoms with E-state index >= 15 is 0 Å². The predicted molar refractivity (Wildman–Crippen MR) is 120 cm³/mol. The van der Waals surface area contributed by atoms with Crippen LogP contribution in [0.5, 0.6) is 0 Å². The number of aliphatic carboxylic acids is 2. The summed E-state index contributed by atoms with van der Waals surface area (Å²) in [6.45, 7) is -0.970. The number of carboxylic acids is 2. The summed E-state index contributed by atoms with van der Waals surface area (Å²) in [4.78, 5) is 82.5. The summed E-state index contributed by atoms with van der Waals surface area (Å²) in [7, 11) is 0. The van der Waals surface area contributed by atoms with Crippen molar-refractivity contribution in [3.05, 3.63) is 0 Å². The molecule has 0 spiro atoms. The average molecular weight is 536 g/mol. The Labute approximate surface area is 209 Å². The number of carbonyl (C=O) groups excluding carboxylic acids is 5. The zero-order chi connectivity index (χ0) is 28.9. The smallest absolute Gasteiger partial charge is 0.328 e. The topological polar surface area (TPSA) is 321 Å². The number of aliphatic hydroxyl groups excluding tert-OH is 3. The Bertz CT molecular complexity index is 866. The van der Waals surface area contributed by atoms with Crippen molar-refractivity contribution in [3.8, 4) is 0 Å². The molecule has 18 nitrogen and oxygen atoms in total. The van der Waals surface area contributed by atoms with Gasteiger partial charge in [0.1, 0.15) is 18.1 Å². The van der Waals surface area contributed by atoms with E-state index in [0.29, 0.717) is 0 Å². The maximum absolute atomic E-state index is 12.7. The molecule has 18 heteroatoms. The SMILES string of the molecule is C[C@@H](O)[C@H](NC(=O)[C@@H](CO)NC(=O)[C@H](CCC(=O)O)NC(=O)[C@H](CO)NC(=O)[C@H](N)CC(N)=O)C(=O)O. The van der Waals surface area contributed by atoms with Gasteiger partial charge in [-0.25, -0.2) is 4.79 Å². The number of carbonyl (C=O) groups is 7. The summed E-state index contributed by atoms with van der Waals surface area (Å²) in [6.07, 6.45) is -3.30. The van der Waals surface area contributed by atoms with E-state index < -0.39 is 110 Å². The molecule has 210 valence electrons. The maximum Gasteiger partial charge on any atom is 0.328 e. The molecule has 5 amide bonds. The number of hydrogen-bond donors (Lipinski definition) is 11. The van der Waals surface area contributed by atoms with E-state index in [0.717, 1.165) is 6.92 Å². The lowest BCUT2D eigenvalue weighted by atomic mass is 10.1. The van der Waals surface area contributed by atoms with Crippen LogP contribution in [0, 0.1) is 0 Å². The number of nitrogens with one attached hydrogen (secondary N) is 4. The van der Waals surface area contributed by atoms with Crippen LogP contribution in [-0.2, 0) is 33.6 Å². The molecule has 0 radical (unpaired) electrons. The van der Waals surface area contributed by atoms with E-state index in [1.165, 1.54) is 0 Å². The van der Waals surface area contributed by atoms with E-state index in [2.05, 4.69) is 5.32 Å². The minimum absolute atomic E-state index is 0.536. The second-order valence-electron chi connectivity index (χ2n) is 7.82. The van der Waals surface area contributed by atoms with Gasteiger partial charge in [-0.15, -0.1) is 0 Å². The molecule has 0 aliphatic rings. The second-order valence-corrected chi connectivity index (χ2v) is 7.82. The Balaban J connectivity index is 5.53. The Hall–Kier alpha value is -3.87. The standard InChI is InChI=1S/C19H32N6O12/c1-7(28)14(19(36)37)25-18(35)11(6-27)24-16(33)9(2-3-13(30)31)22-17(34)10(5-26)23-15(32)8(20)4-12(21)29/h7-11,14,26-28H,2-6,20H2,1H3,(H2,21,29)(H,22,34)(H,23,32)(H,24,33)(H,25,35)(H,30,31)(H,36,37)/t7-,8-,9+,10+,11-,14+/m1/s1. The third-order valence-electron chi connectivity index (χ3n) is 4.72. The molecule has 6 atom stereocenters. The molecule has 0 heterocycles. The number of hydrogen-bond acceptors (Lipinski definition) is 11. The van der Waals surface area contributed by atoms with Gasteiger partial charge >= 0.3 is 11.9 Å². The van der Waals surface area contributed by atoms with Crippen LogP contribution < -0.4 is 32.7 Å². The molecule has 0 bridgehead atoms. The second kappa shape index (κ2) is 16.0. The molecule has 0 rings (SSSR count). The van der Waals surface area contributed by atoms with Crippen LogP contribution in [0.15, 0.2) is 0 Å². The normalized spacial score (nSPS) is 15.6. The molecule has 0 aliphatic heterocycles. The summed E-state index contributed by atoms with van der Waals surface area (Å²) >= 11 is 0. The average Bonchev–Trinajstić information content (AvgIpc) is 2.80. The lowest BCUT2D eigenvalue weighted by Gasteiger charge is -2.25. The van der Waals surface area contributed by atoms with Gasteiger partial charge in [0, 0.05) is 6.42 Å². The van der Waals surface area contributed by atoms with Crippen molar-refractivity contribution in [2.24, 2.45) is 11.5 Å². The predicted octanol–water partition coefficient (Wildman–Crippen LogP) is -6.56. The van der Waals surface area contributed by atoms with Crippen molar-refractivity contribution in [2.45, 2.75) is 62.5 Å². The molecule has 0 fully saturated rings. The molecular formula is C19H32N6O12. The summed E-state index contributed by atoms with van der Waals surface area (Å²) in [6, 6.07) is -8.35. The minimum Gasteiger partial charge on any atom is -0.481 e. The highest BCUT2D eigenvalue weighted by atomic mass is 16.4. The number of nitrogens with two attached hydrogens (primary N) is 2. The monoisotopic (exact) mass is 536 g/mol. The third-order valence-corrected chi connectivity index (χ3v) is 4.72. The maximum atomic E-state index is 12.7. The van der Waals surface area contributed by atoms with Gasteiger partial charge in [-0.3, -0.25) is 28.8 Å². The van der Waals surface area contributed by atoms with Gasteiger partial charge in [0.2, 0.25) is 29.5 Å². The van der Waals surface area contributed by atoms with Crippen LogP contribution in [0.2, 0.25) is 0 Å². The number of amides is 5. The minimum atomic E-state index is -1.78. The van der Waals surface area contributed by atoms with Crippen molar-refractivity contribution in [1.29, 1.82) is 0 Å². The Morgan fingerprint density at radius 2 is 1.19 bits per heavy atom. The highest BCUT2D eigenvalue weighted by Crippen LogP contribution is 2.02. The Morgan fingerprint density at radius 1 is 0.757 bits per heavy atom. The molecule has 0 aromatic carbocycles. The van der Waals surface area contributed by atoms with E-state index in [9.17, 15) is 48.9 Å². The summed E-state index contributed by atoms with van der Waals surface area (Å²) < 4.78 is 0. The van der Waals surface area contributed by atoms with Crippen LogP contribution in [0.25, 0.3) is 0 Å². The van der Waals surface area contributed by atoms with Crippen molar-refractivity contribution >= 4 is 41.5 Å². The van der Waals surface area contributed by atoms with Gasteiger partial charge in [-0.1, -0.05) is 0 Å². The first-order chi connectivity index (χ1) is 17.1. The Morgan fingerprint density at radius 3 is 1.59 bits per heavy atom. The van der Waals surface area contributed by atoms with Crippen LogP contribution in [-0.4, -0.2) is 117 Å². The fraction of sp³-hybridized carbons (Fsp3) is 0.632. The lowest BCUT2D eigenvalue weighted by molar-refractivity contribution is -0.145. The molecule has 0 aromatic heterocycles. The summed E-state index contributed by atoms with van der Waals surface area (Å²) in [5.41, 5.74) is 10.4. The lowest BCUT2D eigenvalue weighted by Crippen LogP contribution is -2.60. The van der Waals surface area contributed by atoms with E-state index in [4.69, 9.17) is 21.7 Å².